The highest BCUT2D eigenvalue weighted by molar-refractivity contribution is 5.91. The Kier molecular flexibility index (Phi) is 10.9. The first-order valence-corrected chi connectivity index (χ1v) is 13.3. The molecule has 4 aromatic rings. The molecule has 0 heterocycles. The van der Waals surface area contributed by atoms with Crippen LogP contribution in [0.15, 0.2) is 115 Å². The van der Waals surface area contributed by atoms with E-state index in [4.69, 9.17) is 14.2 Å². The highest BCUT2D eigenvalue weighted by Gasteiger charge is 2.24. The van der Waals surface area contributed by atoms with Crippen LogP contribution in [0, 0.1) is 0 Å². The molecule has 0 unspecified atom stereocenters. The molecule has 0 bridgehead atoms. The minimum Gasteiger partial charge on any atom is -0.489 e. The molecule has 8 heteroatoms. The number of amides is 2. The third-order valence-corrected chi connectivity index (χ3v) is 6.06. The summed E-state index contributed by atoms with van der Waals surface area (Å²) in [6, 6.07) is 34.2. The van der Waals surface area contributed by atoms with Crippen LogP contribution in [-0.2, 0) is 38.9 Å². The summed E-state index contributed by atoms with van der Waals surface area (Å²) in [5.41, 5.74) is 3.25. The first kappa shape index (κ1) is 28.9. The molecule has 0 fully saturated rings. The van der Waals surface area contributed by atoms with Crippen molar-refractivity contribution in [3.8, 4) is 5.75 Å². The van der Waals surface area contributed by atoms with Crippen molar-refractivity contribution in [3.05, 3.63) is 132 Å². The average Bonchev–Trinajstić information content (AvgIpc) is 3.02. The van der Waals surface area contributed by atoms with Crippen molar-refractivity contribution in [1.29, 1.82) is 0 Å². The second-order valence-electron chi connectivity index (χ2n) is 9.24. The molecule has 0 aromatic heterocycles. The van der Waals surface area contributed by atoms with Crippen LogP contribution in [0.1, 0.15) is 29.5 Å². The van der Waals surface area contributed by atoms with E-state index >= 15 is 0 Å². The normalized spacial score (nSPS) is 11.1. The molecule has 0 aliphatic rings. The van der Waals surface area contributed by atoms with Gasteiger partial charge in [-0.1, -0.05) is 91.0 Å². The lowest BCUT2D eigenvalue weighted by molar-refractivity contribution is -0.147. The summed E-state index contributed by atoms with van der Waals surface area (Å²) in [7, 11) is 0. The maximum absolute atomic E-state index is 12.9. The molecule has 1 atom stereocenters. The van der Waals surface area contributed by atoms with Crippen molar-refractivity contribution in [2.24, 2.45) is 0 Å². The van der Waals surface area contributed by atoms with Crippen LogP contribution in [0.4, 0.5) is 10.5 Å². The van der Waals surface area contributed by atoms with Gasteiger partial charge in [-0.15, -0.1) is 0 Å². The minimum absolute atomic E-state index is 0.0260. The second kappa shape index (κ2) is 15.5. The van der Waals surface area contributed by atoms with Gasteiger partial charge in [-0.25, -0.2) is 9.59 Å². The zero-order valence-electron chi connectivity index (χ0n) is 22.5. The summed E-state index contributed by atoms with van der Waals surface area (Å²) in [5, 5.41) is 5.35. The Labute approximate surface area is 239 Å². The lowest BCUT2D eigenvalue weighted by atomic mass is 10.1. The van der Waals surface area contributed by atoms with E-state index in [1.165, 1.54) is 0 Å². The number of ether oxygens (including phenoxy) is 3. The van der Waals surface area contributed by atoms with E-state index in [1.807, 2.05) is 91.0 Å². The molecular formula is C33H32N2O6. The van der Waals surface area contributed by atoms with Crippen molar-refractivity contribution in [3.63, 3.8) is 0 Å². The molecule has 41 heavy (non-hydrogen) atoms. The van der Waals surface area contributed by atoms with Gasteiger partial charge in [0.1, 0.15) is 31.6 Å². The summed E-state index contributed by atoms with van der Waals surface area (Å²) in [6.07, 6.45) is -0.781. The maximum Gasteiger partial charge on any atom is 0.408 e. The average molecular weight is 553 g/mol. The lowest BCUT2D eigenvalue weighted by Crippen LogP contribution is -2.42. The molecule has 0 saturated heterocycles. The number of nitrogens with one attached hydrogen (secondary N) is 2. The van der Waals surface area contributed by atoms with Crippen LogP contribution < -0.4 is 15.4 Å². The number of hydrogen-bond donors (Lipinski definition) is 2. The number of alkyl carbamates (subject to hydrolysis) is 1. The second-order valence-corrected chi connectivity index (χ2v) is 9.24. The summed E-state index contributed by atoms with van der Waals surface area (Å²) in [4.78, 5) is 38.0. The van der Waals surface area contributed by atoms with Crippen LogP contribution in [0.2, 0.25) is 0 Å². The van der Waals surface area contributed by atoms with E-state index in [0.717, 1.165) is 16.7 Å². The Balaban J connectivity index is 1.28. The van der Waals surface area contributed by atoms with E-state index in [-0.39, 0.29) is 32.0 Å². The first-order valence-electron chi connectivity index (χ1n) is 13.3. The van der Waals surface area contributed by atoms with Gasteiger partial charge >= 0.3 is 12.1 Å². The minimum atomic E-state index is -1.07. The fourth-order valence-corrected chi connectivity index (χ4v) is 3.86. The van der Waals surface area contributed by atoms with Gasteiger partial charge in [0.25, 0.3) is 0 Å². The van der Waals surface area contributed by atoms with Gasteiger partial charge in [-0.2, -0.15) is 0 Å². The van der Waals surface area contributed by atoms with Crippen molar-refractivity contribution in [1.82, 2.24) is 5.32 Å². The number of rotatable bonds is 13. The van der Waals surface area contributed by atoms with E-state index in [9.17, 15) is 14.4 Å². The Morgan fingerprint density at radius 2 is 1.12 bits per heavy atom. The monoisotopic (exact) mass is 552 g/mol. The van der Waals surface area contributed by atoms with Crippen LogP contribution in [0.25, 0.3) is 0 Å². The van der Waals surface area contributed by atoms with Gasteiger partial charge in [0.15, 0.2) is 0 Å². The summed E-state index contributed by atoms with van der Waals surface area (Å²) in [6.45, 7) is 0.529. The molecule has 2 N–H and O–H groups in total. The zero-order chi connectivity index (χ0) is 28.7. The first-order chi connectivity index (χ1) is 20.0. The van der Waals surface area contributed by atoms with E-state index in [0.29, 0.717) is 18.0 Å². The maximum atomic E-state index is 12.9. The van der Waals surface area contributed by atoms with Crippen molar-refractivity contribution >= 4 is 23.7 Å². The summed E-state index contributed by atoms with van der Waals surface area (Å²) in [5.74, 6) is -0.298. The van der Waals surface area contributed by atoms with E-state index in [1.54, 1.807) is 24.3 Å². The number of esters is 1. The molecule has 0 aliphatic carbocycles. The molecule has 0 radical (unpaired) electrons. The highest BCUT2D eigenvalue weighted by atomic mass is 16.6. The number of carbonyl (C=O) groups is 3. The largest absolute Gasteiger partial charge is 0.489 e. The van der Waals surface area contributed by atoms with Crippen LogP contribution in [0.3, 0.4) is 0 Å². The summed E-state index contributed by atoms with van der Waals surface area (Å²) < 4.78 is 16.5. The van der Waals surface area contributed by atoms with Gasteiger partial charge in [0.2, 0.25) is 5.91 Å². The topological polar surface area (TPSA) is 103 Å². The predicted octanol–water partition coefficient (Wildman–Crippen LogP) is 6.02. The van der Waals surface area contributed by atoms with Gasteiger partial charge in [0.05, 0.1) is 0 Å². The van der Waals surface area contributed by atoms with E-state index in [2.05, 4.69) is 10.6 Å². The quantitative estimate of drug-likeness (QED) is 0.197. The van der Waals surface area contributed by atoms with Gasteiger partial charge < -0.3 is 24.8 Å². The Morgan fingerprint density at radius 3 is 1.68 bits per heavy atom. The third-order valence-electron chi connectivity index (χ3n) is 6.06. The Hall–Kier alpha value is -5.11. The predicted molar refractivity (Wildman–Crippen MR) is 155 cm³/mol. The van der Waals surface area contributed by atoms with E-state index < -0.39 is 18.1 Å². The van der Waals surface area contributed by atoms with Crippen molar-refractivity contribution in [2.75, 3.05) is 5.32 Å². The number of benzene rings is 4. The van der Waals surface area contributed by atoms with Gasteiger partial charge in [0, 0.05) is 12.1 Å². The molecule has 4 rings (SSSR count). The van der Waals surface area contributed by atoms with Crippen LogP contribution >= 0.6 is 0 Å². The van der Waals surface area contributed by atoms with Crippen molar-refractivity contribution in [2.45, 2.75) is 38.7 Å². The number of hydrogen-bond acceptors (Lipinski definition) is 6. The molecular weight excluding hydrogens is 520 g/mol. The van der Waals surface area contributed by atoms with Gasteiger partial charge in [-0.3, -0.25) is 4.79 Å². The fraction of sp³-hybridized carbons (Fsp3) is 0.182. The number of carbonyl (C=O) groups excluding carboxylic acids is 3. The number of anilines is 1. The third kappa shape index (κ3) is 10.2. The Bertz CT molecular complexity index is 1380. The highest BCUT2D eigenvalue weighted by Crippen LogP contribution is 2.18. The van der Waals surface area contributed by atoms with Crippen LogP contribution in [0.5, 0.6) is 5.75 Å². The zero-order valence-corrected chi connectivity index (χ0v) is 22.5. The Morgan fingerprint density at radius 1 is 0.610 bits per heavy atom. The summed E-state index contributed by atoms with van der Waals surface area (Å²) >= 11 is 0. The molecule has 0 spiro atoms. The molecule has 8 nitrogen and oxygen atoms in total. The molecule has 210 valence electrons. The molecule has 2 amide bonds. The van der Waals surface area contributed by atoms with Gasteiger partial charge in [-0.05, 0) is 47.4 Å². The molecule has 4 aromatic carbocycles. The SMILES string of the molecule is O=C(CC[C@@H](NC(=O)OCc1ccccc1)C(=O)OCc1ccccc1)Nc1ccc(OCc2ccccc2)cc1. The molecule has 0 aliphatic heterocycles. The molecule has 0 saturated carbocycles. The smallest absolute Gasteiger partial charge is 0.408 e. The van der Waals surface area contributed by atoms with Crippen LogP contribution in [-0.4, -0.2) is 24.0 Å². The fourth-order valence-electron chi connectivity index (χ4n) is 3.86. The lowest BCUT2D eigenvalue weighted by Gasteiger charge is -2.18. The standard InChI is InChI=1S/C33H32N2O6/c36-31(34-28-16-18-29(19-17-28)39-22-25-10-4-1-5-11-25)21-20-30(32(37)40-23-26-12-6-2-7-13-26)35-33(38)41-24-27-14-8-3-9-15-27/h1-19,30H,20-24H2,(H,34,36)(H,35,38)/t30-/m1/s1. The van der Waals surface area contributed by atoms with Crippen molar-refractivity contribution < 1.29 is 28.6 Å².